The van der Waals surface area contributed by atoms with Gasteiger partial charge in [-0.05, 0) is 31.9 Å². The van der Waals surface area contributed by atoms with Crippen molar-refractivity contribution in [2.75, 3.05) is 37.4 Å². The van der Waals surface area contributed by atoms with Crippen LogP contribution < -0.4 is 10.2 Å². The normalized spacial score (nSPS) is 16.3. The average molecular weight is 261 g/mol. The molecule has 4 heteroatoms. The molecule has 0 aliphatic carbocycles. The van der Waals surface area contributed by atoms with Gasteiger partial charge in [-0.25, -0.2) is 0 Å². The van der Waals surface area contributed by atoms with Crippen molar-refractivity contribution < 1.29 is 4.79 Å². The van der Waals surface area contributed by atoms with Gasteiger partial charge in [0.2, 0.25) is 5.91 Å². The third-order valence-corrected chi connectivity index (χ3v) is 3.55. The first-order chi connectivity index (χ1) is 9.09. The second-order valence-corrected chi connectivity index (χ2v) is 5.31. The molecule has 1 amide bonds. The van der Waals surface area contributed by atoms with Gasteiger partial charge in [-0.15, -0.1) is 0 Å². The zero-order valence-electron chi connectivity index (χ0n) is 12.0. The number of nitrogens with zero attached hydrogens (tertiary/aromatic N) is 2. The van der Waals surface area contributed by atoms with Crippen molar-refractivity contribution in [2.24, 2.45) is 0 Å². The molecular formula is C15H23N3O. The van der Waals surface area contributed by atoms with Crippen LogP contribution in [0.3, 0.4) is 0 Å². The lowest BCUT2D eigenvalue weighted by atomic mass is 10.2. The van der Waals surface area contributed by atoms with Crippen LogP contribution in [0.2, 0.25) is 0 Å². The van der Waals surface area contributed by atoms with E-state index in [4.69, 9.17) is 0 Å². The maximum absolute atomic E-state index is 12.3. The molecule has 1 atom stereocenters. The summed E-state index contributed by atoms with van der Waals surface area (Å²) in [4.78, 5) is 16.3. The van der Waals surface area contributed by atoms with E-state index < -0.39 is 0 Å². The molecule has 1 saturated heterocycles. The van der Waals surface area contributed by atoms with Crippen molar-refractivity contribution >= 4 is 17.3 Å². The number of carbonyl (C=O) groups is 1. The molecule has 0 spiro atoms. The van der Waals surface area contributed by atoms with E-state index in [2.05, 4.69) is 16.3 Å². The highest BCUT2D eigenvalue weighted by molar-refractivity contribution is 5.86. The Morgan fingerprint density at radius 2 is 1.89 bits per heavy atom. The number of benzene rings is 1. The van der Waals surface area contributed by atoms with Crippen LogP contribution in [0.15, 0.2) is 24.3 Å². The molecule has 1 aliphatic rings. The van der Waals surface area contributed by atoms with Gasteiger partial charge in [0.25, 0.3) is 0 Å². The summed E-state index contributed by atoms with van der Waals surface area (Å²) in [5.74, 6) is 0.200. The standard InChI is InChI=1S/C15H23N3O/c1-12(15(19)18-10-6-7-11-18)16-13-8-4-5-9-14(13)17(2)3/h4-5,8-9,12,16H,6-7,10-11H2,1-3H3. The van der Waals surface area contributed by atoms with E-state index in [0.717, 1.165) is 37.3 Å². The van der Waals surface area contributed by atoms with Crippen LogP contribution in [-0.4, -0.2) is 44.0 Å². The molecule has 1 fully saturated rings. The van der Waals surface area contributed by atoms with Crippen LogP contribution in [0.5, 0.6) is 0 Å². The fourth-order valence-corrected chi connectivity index (χ4v) is 2.49. The van der Waals surface area contributed by atoms with Gasteiger partial charge in [-0.1, -0.05) is 12.1 Å². The highest BCUT2D eigenvalue weighted by Crippen LogP contribution is 2.24. The molecule has 0 aromatic heterocycles. The highest BCUT2D eigenvalue weighted by atomic mass is 16.2. The van der Waals surface area contributed by atoms with Crippen LogP contribution in [-0.2, 0) is 4.79 Å². The minimum absolute atomic E-state index is 0.181. The van der Waals surface area contributed by atoms with Crippen molar-refractivity contribution in [2.45, 2.75) is 25.8 Å². The maximum Gasteiger partial charge on any atom is 0.244 e. The fourth-order valence-electron chi connectivity index (χ4n) is 2.49. The monoisotopic (exact) mass is 261 g/mol. The quantitative estimate of drug-likeness (QED) is 0.902. The number of para-hydroxylation sites is 2. The molecule has 4 nitrogen and oxygen atoms in total. The van der Waals surface area contributed by atoms with E-state index in [1.807, 2.05) is 44.1 Å². The zero-order chi connectivity index (χ0) is 13.8. The Hall–Kier alpha value is -1.71. The van der Waals surface area contributed by atoms with Gasteiger partial charge < -0.3 is 15.1 Å². The molecule has 1 heterocycles. The van der Waals surface area contributed by atoms with Crippen LogP contribution in [0.1, 0.15) is 19.8 Å². The lowest BCUT2D eigenvalue weighted by molar-refractivity contribution is -0.130. The van der Waals surface area contributed by atoms with Crippen LogP contribution >= 0.6 is 0 Å². The van der Waals surface area contributed by atoms with Crippen molar-refractivity contribution in [3.05, 3.63) is 24.3 Å². The van der Waals surface area contributed by atoms with E-state index in [0.29, 0.717) is 0 Å². The third-order valence-electron chi connectivity index (χ3n) is 3.55. The third kappa shape index (κ3) is 3.19. The molecule has 0 radical (unpaired) electrons. The minimum atomic E-state index is -0.181. The average Bonchev–Trinajstić information content (AvgIpc) is 2.92. The summed E-state index contributed by atoms with van der Waals surface area (Å²) in [6.07, 6.45) is 2.26. The smallest absolute Gasteiger partial charge is 0.244 e. The number of anilines is 2. The first kappa shape index (κ1) is 13.7. The number of hydrogen-bond acceptors (Lipinski definition) is 3. The fraction of sp³-hybridized carbons (Fsp3) is 0.533. The number of rotatable bonds is 4. The summed E-state index contributed by atoms with van der Waals surface area (Å²) >= 11 is 0. The summed E-state index contributed by atoms with van der Waals surface area (Å²) in [6.45, 7) is 3.74. The Kier molecular flexibility index (Phi) is 4.30. The van der Waals surface area contributed by atoms with Gasteiger partial charge in [0.1, 0.15) is 6.04 Å². The Labute approximate surface area is 115 Å². The van der Waals surface area contributed by atoms with Gasteiger partial charge in [0, 0.05) is 27.2 Å². The first-order valence-electron chi connectivity index (χ1n) is 6.91. The molecule has 1 aromatic rings. The lowest BCUT2D eigenvalue weighted by Gasteiger charge is -2.24. The Bertz CT molecular complexity index is 439. The molecule has 1 aromatic carbocycles. The Morgan fingerprint density at radius 1 is 1.26 bits per heavy atom. The second-order valence-electron chi connectivity index (χ2n) is 5.31. The van der Waals surface area contributed by atoms with Crippen molar-refractivity contribution in [3.8, 4) is 0 Å². The summed E-state index contributed by atoms with van der Waals surface area (Å²) < 4.78 is 0. The molecule has 0 bridgehead atoms. The van der Waals surface area contributed by atoms with E-state index >= 15 is 0 Å². The number of likely N-dealkylation sites (tertiary alicyclic amines) is 1. The molecular weight excluding hydrogens is 238 g/mol. The summed E-state index contributed by atoms with van der Waals surface area (Å²) in [7, 11) is 4.01. The SMILES string of the molecule is CC(Nc1ccccc1N(C)C)C(=O)N1CCCC1. The van der Waals surface area contributed by atoms with Crippen LogP contribution in [0.4, 0.5) is 11.4 Å². The number of amides is 1. The molecule has 104 valence electrons. The molecule has 1 aliphatic heterocycles. The van der Waals surface area contributed by atoms with Gasteiger partial charge in [-0.2, -0.15) is 0 Å². The van der Waals surface area contributed by atoms with Crippen molar-refractivity contribution in [1.82, 2.24) is 4.90 Å². The molecule has 2 rings (SSSR count). The number of nitrogens with one attached hydrogen (secondary N) is 1. The number of hydrogen-bond donors (Lipinski definition) is 1. The van der Waals surface area contributed by atoms with Crippen LogP contribution in [0.25, 0.3) is 0 Å². The Balaban J connectivity index is 2.06. The van der Waals surface area contributed by atoms with E-state index in [1.54, 1.807) is 0 Å². The minimum Gasteiger partial charge on any atom is -0.376 e. The predicted molar refractivity (Wildman–Crippen MR) is 79.7 cm³/mol. The molecule has 19 heavy (non-hydrogen) atoms. The van der Waals surface area contributed by atoms with E-state index in [9.17, 15) is 4.79 Å². The molecule has 0 saturated carbocycles. The predicted octanol–water partition coefficient (Wildman–Crippen LogP) is 2.18. The largest absolute Gasteiger partial charge is 0.376 e. The van der Waals surface area contributed by atoms with Gasteiger partial charge in [-0.3, -0.25) is 4.79 Å². The Morgan fingerprint density at radius 3 is 2.53 bits per heavy atom. The van der Waals surface area contributed by atoms with Crippen LogP contribution in [0, 0.1) is 0 Å². The summed E-state index contributed by atoms with van der Waals surface area (Å²) in [6, 6.07) is 7.88. The maximum atomic E-state index is 12.3. The molecule has 1 unspecified atom stereocenters. The second kappa shape index (κ2) is 5.95. The molecule has 1 N–H and O–H groups in total. The van der Waals surface area contributed by atoms with E-state index in [1.165, 1.54) is 0 Å². The lowest BCUT2D eigenvalue weighted by Crippen LogP contribution is -2.39. The summed E-state index contributed by atoms with van der Waals surface area (Å²) in [5, 5.41) is 3.34. The summed E-state index contributed by atoms with van der Waals surface area (Å²) in [5.41, 5.74) is 2.11. The topological polar surface area (TPSA) is 35.6 Å². The van der Waals surface area contributed by atoms with Gasteiger partial charge in [0.05, 0.1) is 11.4 Å². The van der Waals surface area contributed by atoms with Gasteiger partial charge in [0.15, 0.2) is 0 Å². The van der Waals surface area contributed by atoms with Crippen molar-refractivity contribution in [3.63, 3.8) is 0 Å². The van der Waals surface area contributed by atoms with E-state index in [-0.39, 0.29) is 11.9 Å². The first-order valence-corrected chi connectivity index (χ1v) is 6.91. The number of carbonyl (C=O) groups excluding carboxylic acids is 1. The zero-order valence-corrected chi connectivity index (χ0v) is 12.0. The van der Waals surface area contributed by atoms with Gasteiger partial charge >= 0.3 is 0 Å². The highest BCUT2D eigenvalue weighted by Gasteiger charge is 2.23. The van der Waals surface area contributed by atoms with Crippen molar-refractivity contribution in [1.29, 1.82) is 0 Å².